The molecule has 4 aromatic rings. The summed E-state index contributed by atoms with van der Waals surface area (Å²) in [6.07, 6.45) is 3.76. The molecule has 0 amide bonds. The van der Waals surface area contributed by atoms with Crippen molar-refractivity contribution in [3.63, 3.8) is 0 Å². The van der Waals surface area contributed by atoms with E-state index >= 15 is 0 Å². The van der Waals surface area contributed by atoms with Crippen LogP contribution >= 0.6 is 0 Å². The normalized spacial score (nSPS) is 15.0. The predicted molar refractivity (Wildman–Crippen MR) is 183 cm³/mol. The Morgan fingerprint density at radius 2 is 1.13 bits per heavy atom. The predicted octanol–water partition coefficient (Wildman–Crippen LogP) is 6.89. The van der Waals surface area contributed by atoms with Gasteiger partial charge in [-0.3, -0.25) is 19.8 Å². The molecule has 1 unspecified atom stereocenters. The number of nitrogens with zero attached hydrogens (tertiary/aromatic N) is 4. The van der Waals surface area contributed by atoms with E-state index in [1.807, 2.05) is 57.4 Å². The van der Waals surface area contributed by atoms with E-state index in [-0.39, 0.29) is 0 Å². The lowest BCUT2D eigenvalue weighted by Crippen LogP contribution is -2.50. The standard InChI is InChI=1S/C35H42N4O5.C2H6/c1-23-20-38(21-25-8-10-36-29(14-25)28-18-33(42-5)35(44-7)34(19-28)43-6)12-13-39(23)22-26-9-11-37-30(15-26)27-16-31(40-3)24(2)32(17-27)41-4;1-2/h8-11,14-19,23H,12-13,20-22H2,1-7H3;1-2H3. The second-order valence-electron chi connectivity index (χ2n) is 11.1. The monoisotopic (exact) mass is 628 g/mol. The third-order valence-corrected chi connectivity index (χ3v) is 8.30. The van der Waals surface area contributed by atoms with Crippen LogP contribution in [0.1, 0.15) is 37.5 Å². The number of pyridine rings is 2. The lowest BCUT2D eigenvalue weighted by Gasteiger charge is -2.40. The van der Waals surface area contributed by atoms with Crippen molar-refractivity contribution in [3.8, 4) is 51.3 Å². The van der Waals surface area contributed by atoms with Crippen LogP contribution in [0.4, 0.5) is 0 Å². The van der Waals surface area contributed by atoms with Crippen molar-refractivity contribution < 1.29 is 23.7 Å². The molecule has 0 radical (unpaired) electrons. The van der Waals surface area contributed by atoms with Crippen LogP contribution in [-0.4, -0.2) is 81.0 Å². The van der Waals surface area contributed by atoms with Gasteiger partial charge in [0.05, 0.1) is 46.9 Å². The highest BCUT2D eigenvalue weighted by Gasteiger charge is 2.24. The topological polar surface area (TPSA) is 78.4 Å². The number of hydrogen-bond acceptors (Lipinski definition) is 9. The molecule has 0 N–H and O–H groups in total. The summed E-state index contributed by atoms with van der Waals surface area (Å²) >= 11 is 0. The van der Waals surface area contributed by atoms with Crippen LogP contribution in [0.2, 0.25) is 0 Å². The first-order valence-electron chi connectivity index (χ1n) is 15.8. The second kappa shape index (κ2) is 16.3. The number of rotatable bonds is 11. The average molecular weight is 629 g/mol. The van der Waals surface area contributed by atoms with Crippen molar-refractivity contribution in [2.24, 2.45) is 0 Å². The molecule has 0 spiro atoms. The maximum Gasteiger partial charge on any atom is 0.203 e. The molecule has 46 heavy (non-hydrogen) atoms. The quantitative estimate of drug-likeness (QED) is 0.176. The largest absolute Gasteiger partial charge is 0.496 e. The first kappa shape index (κ1) is 34.5. The minimum Gasteiger partial charge on any atom is -0.496 e. The number of hydrogen-bond donors (Lipinski definition) is 0. The lowest BCUT2D eigenvalue weighted by atomic mass is 10.0. The molecular weight excluding hydrogens is 580 g/mol. The zero-order chi connectivity index (χ0) is 33.2. The maximum absolute atomic E-state index is 5.59. The molecule has 0 bridgehead atoms. The third-order valence-electron chi connectivity index (χ3n) is 8.30. The minimum absolute atomic E-state index is 0.399. The summed E-state index contributed by atoms with van der Waals surface area (Å²) in [5, 5.41) is 0. The highest BCUT2D eigenvalue weighted by Crippen LogP contribution is 2.41. The Hall–Kier alpha value is -4.34. The first-order chi connectivity index (χ1) is 22.4. The van der Waals surface area contributed by atoms with Gasteiger partial charge in [0, 0.05) is 67.8 Å². The van der Waals surface area contributed by atoms with Gasteiger partial charge in [0.25, 0.3) is 0 Å². The molecule has 9 heteroatoms. The van der Waals surface area contributed by atoms with E-state index in [4.69, 9.17) is 23.7 Å². The molecule has 1 saturated heterocycles. The number of benzene rings is 2. The van der Waals surface area contributed by atoms with Crippen molar-refractivity contribution >= 4 is 0 Å². The van der Waals surface area contributed by atoms with Gasteiger partial charge in [-0.1, -0.05) is 13.8 Å². The van der Waals surface area contributed by atoms with Crippen molar-refractivity contribution in [1.29, 1.82) is 0 Å². The van der Waals surface area contributed by atoms with Crippen LogP contribution in [0.5, 0.6) is 28.7 Å². The van der Waals surface area contributed by atoms with E-state index in [9.17, 15) is 0 Å². The van der Waals surface area contributed by atoms with Crippen LogP contribution in [0, 0.1) is 6.92 Å². The molecule has 5 rings (SSSR count). The molecule has 3 heterocycles. The van der Waals surface area contributed by atoms with Gasteiger partial charge in [0.1, 0.15) is 11.5 Å². The van der Waals surface area contributed by atoms with Gasteiger partial charge in [-0.15, -0.1) is 0 Å². The molecule has 0 aliphatic carbocycles. The summed E-state index contributed by atoms with van der Waals surface area (Å²) in [7, 11) is 8.21. The Morgan fingerprint density at radius 3 is 1.59 bits per heavy atom. The van der Waals surface area contributed by atoms with Crippen LogP contribution < -0.4 is 23.7 Å². The van der Waals surface area contributed by atoms with Gasteiger partial charge >= 0.3 is 0 Å². The molecule has 1 aliphatic heterocycles. The Balaban J connectivity index is 0.00000235. The van der Waals surface area contributed by atoms with E-state index in [2.05, 4.69) is 51.0 Å². The zero-order valence-electron chi connectivity index (χ0n) is 28.7. The Bertz CT molecular complexity index is 1540. The van der Waals surface area contributed by atoms with Crippen LogP contribution in [-0.2, 0) is 13.1 Å². The van der Waals surface area contributed by atoms with Gasteiger partial charge in [0.15, 0.2) is 11.5 Å². The fraction of sp³-hybridized carbons (Fsp3) is 0.405. The van der Waals surface area contributed by atoms with E-state index in [1.165, 1.54) is 11.1 Å². The van der Waals surface area contributed by atoms with E-state index < -0.39 is 0 Å². The van der Waals surface area contributed by atoms with Crippen molar-refractivity contribution in [1.82, 2.24) is 19.8 Å². The number of piperazine rings is 1. The van der Waals surface area contributed by atoms with Gasteiger partial charge in [-0.05, 0) is 73.5 Å². The minimum atomic E-state index is 0.399. The Labute approximate surface area is 274 Å². The highest BCUT2D eigenvalue weighted by atomic mass is 16.5. The molecule has 1 aliphatic rings. The smallest absolute Gasteiger partial charge is 0.203 e. The Kier molecular flexibility index (Phi) is 12.2. The molecule has 1 fully saturated rings. The molecule has 1 atom stereocenters. The van der Waals surface area contributed by atoms with Crippen molar-refractivity contribution in [2.75, 3.05) is 55.2 Å². The molecule has 0 saturated carbocycles. The summed E-state index contributed by atoms with van der Waals surface area (Å²) in [5.74, 6) is 3.37. The molecule has 2 aromatic carbocycles. The van der Waals surface area contributed by atoms with Crippen LogP contribution in [0.15, 0.2) is 60.9 Å². The summed E-state index contributed by atoms with van der Waals surface area (Å²) in [5.41, 5.74) is 7.10. The van der Waals surface area contributed by atoms with Gasteiger partial charge < -0.3 is 23.7 Å². The number of aromatic nitrogens is 2. The van der Waals surface area contributed by atoms with Crippen LogP contribution in [0.3, 0.4) is 0 Å². The second-order valence-corrected chi connectivity index (χ2v) is 11.1. The van der Waals surface area contributed by atoms with Gasteiger partial charge in [0.2, 0.25) is 5.75 Å². The zero-order valence-corrected chi connectivity index (χ0v) is 28.7. The number of methoxy groups -OCH3 is 5. The lowest BCUT2D eigenvalue weighted by molar-refractivity contribution is 0.0733. The molecule has 9 nitrogen and oxygen atoms in total. The SMILES string of the molecule is CC.COc1cc(-c2cc(CN3CCN(Cc4ccnc(-c5cc(OC)c(OC)c(OC)c5)c4)CC3C)ccn2)cc(OC)c1C. The summed E-state index contributed by atoms with van der Waals surface area (Å²) in [6, 6.07) is 16.8. The van der Waals surface area contributed by atoms with Gasteiger partial charge in [-0.2, -0.15) is 0 Å². The van der Waals surface area contributed by atoms with Crippen molar-refractivity contribution in [3.05, 3.63) is 77.6 Å². The average Bonchev–Trinajstić information content (AvgIpc) is 3.10. The molecule has 2 aromatic heterocycles. The fourth-order valence-electron chi connectivity index (χ4n) is 5.87. The Morgan fingerprint density at radius 1 is 0.652 bits per heavy atom. The summed E-state index contributed by atoms with van der Waals surface area (Å²) in [6.45, 7) is 13.0. The van der Waals surface area contributed by atoms with Crippen molar-refractivity contribution in [2.45, 2.75) is 46.8 Å². The third kappa shape index (κ3) is 7.89. The molecular formula is C37H48N4O5. The number of ether oxygens (including phenoxy) is 5. The first-order valence-corrected chi connectivity index (χ1v) is 15.8. The fourth-order valence-corrected chi connectivity index (χ4v) is 5.87. The van der Waals surface area contributed by atoms with E-state index in [1.54, 1.807) is 35.5 Å². The van der Waals surface area contributed by atoms with Gasteiger partial charge in [-0.25, -0.2) is 0 Å². The van der Waals surface area contributed by atoms with E-state index in [0.29, 0.717) is 23.3 Å². The molecule has 246 valence electrons. The highest BCUT2D eigenvalue weighted by molar-refractivity contribution is 5.69. The van der Waals surface area contributed by atoms with Crippen LogP contribution in [0.25, 0.3) is 22.5 Å². The summed E-state index contributed by atoms with van der Waals surface area (Å²) < 4.78 is 27.8. The van der Waals surface area contributed by atoms with E-state index in [0.717, 1.165) is 72.3 Å². The summed E-state index contributed by atoms with van der Waals surface area (Å²) in [4.78, 5) is 14.3. The maximum atomic E-state index is 5.59.